The minimum Gasteiger partial charge on any atom is -0.487 e. The minimum absolute atomic E-state index is 0.0285. The minimum atomic E-state index is -0.207. The number of hydrogen-bond acceptors (Lipinski definition) is 3. The van der Waals surface area contributed by atoms with Crippen LogP contribution in [0.5, 0.6) is 5.75 Å². The molecule has 1 aromatic carbocycles. The van der Waals surface area contributed by atoms with E-state index in [9.17, 15) is 4.79 Å². The Balaban J connectivity index is 2.04. The number of fused-ring (bicyclic) bond motifs is 3. The molecule has 0 saturated carbocycles. The zero-order chi connectivity index (χ0) is 21.2. The van der Waals surface area contributed by atoms with E-state index in [0.29, 0.717) is 18.4 Å². The summed E-state index contributed by atoms with van der Waals surface area (Å²) in [6, 6.07) is 4.42. The first kappa shape index (κ1) is 21.9. The van der Waals surface area contributed by atoms with Crippen LogP contribution >= 0.6 is 0 Å². The SMILES string of the molecule is CCCCCc1cc(NC(=O)CN(C)C)c2c(c1)OC(C)(C)[C@@H]1CCC(C)=C[C@@H]21. The van der Waals surface area contributed by atoms with Crippen LogP contribution in [0.1, 0.15) is 76.8 Å². The largest absolute Gasteiger partial charge is 0.487 e. The third-order valence-corrected chi connectivity index (χ3v) is 6.35. The lowest BCUT2D eigenvalue weighted by Gasteiger charge is -2.47. The second-order valence-corrected chi connectivity index (χ2v) is 9.69. The number of aryl methyl sites for hydroxylation is 1. The number of carbonyl (C=O) groups excluding carboxylic acids is 1. The first-order chi connectivity index (χ1) is 13.7. The van der Waals surface area contributed by atoms with Crippen molar-refractivity contribution < 1.29 is 9.53 Å². The third-order valence-electron chi connectivity index (χ3n) is 6.35. The zero-order valence-electron chi connectivity index (χ0n) is 19.1. The maximum atomic E-state index is 12.6. The molecule has 0 bridgehead atoms. The van der Waals surface area contributed by atoms with Crippen LogP contribution < -0.4 is 10.1 Å². The maximum Gasteiger partial charge on any atom is 0.238 e. The fourth-order valence-electron chi connectivity index (χ4n) is 4.91. The number of rotatable bonds is 7. The van der Waals surface area contributed by atoms with Gasteiger partial charge in [0, 0.05) is 23.1 Å². The van der Waals surface area contributed by atoms with E-state index < -0.39 is 0 Å². The lowest BCUT2D eigenvalue weighted by Crippen LogP contribution is -2.45. The quantitative estimate of drug-likeness (QED) is 0.485. The van der Waals surface area contributed by atoms with E-state index in [0.717, 1.165) is 37.1 Å². The number of unbranched alkanes of at least 4 members (excludes halogenated alkanes) is 2. The summed E-state index contributed by atoms with van der Waals surface area (Å²) in [5, 5.41) is 3.22. The van der Waals surface area contributed by atoms with Crippen LogP contribution in [0.2, 0.25) is 0 Å². The molecule has 1 amide bonds. The van der Waals surface area contributed by atoms with Crippen LogP contribution in [0.15, 0.2) is 23.8 Å². The Hall–Kier alpha value is -1.81. The molecule has 0 aromatic heterocycles. The van der Waals surface area contributed by atoms with Gasteiger partial charge < -0.3 is 15.0 Å². The van der Waals surface area contributed by atoms with Gasteiger partial charge in [-0.2, -0.15) is 0 Å². The number of allylic oxidation sites excluding steroid dienone is 2. The summed E-state index contributed by atoms with van der Waals surface area (Å²) in [5.41, 5.74) is 4.59. The van der Waals surface area contributed by atoms with E-state index in [1.165, 1.54) is 29.5 Å². The Morgan fingerprint density at radius 3 is 2.72 bits per heavy atom. The van der Waals surface area contributed by atoms with Crippen LogP contribution in [0, 0.1) is 5.92 Å². The van der Waals surface area contributed by atoms with Crippen molar-refractivity contribution in [3.63, 3.8) is 0 Å². The van der Waals surface area contributed by atoms with Gasteiger partial charge >= 0.3 is 0 Å². The Kier molecular flexibility index (Phi) is 6.72. The van der Waals surface area contributed by atoms with E-state index >= 15 is 0 Å². The summed E-state index contributed by atoms with van der Waals surface area (Å²) < 4.78 is 6.58. The standard InChI is InChI=1S/C25H38N2O2/c1-7-8-9-10-18-14-21(26-23(28)16-27(5)6)24-19-13-17(2)11-12-20(19)25(3,4)29-22(24)15-18/h13-15,19-20H,7-12,16H2,1-6H3,(H,26,28)/t19-,20-/m1/s1. The van der Waals surface area contributed by atoms with Gasteiger partial charge in [0.2, 0.25) is 5.91 Å². The molecular weight excluding hydrogens is 360 g/mol. The molecule has 1 N–H and O–H groups in total. The van der Waals surface area contributed by atoms with Gasteiger partial charge in [0.15, 0.2) is 0 Å². The predicted molar refractivity (Wildman–Crippen MR) is 121 cm³/mol. The summed E-state index contributed by atoms with van der Waals surface area (Å²) in [6.07, 6.45) is 9.27. The van der Waals surface area contributed by atoms with Crippen molar-refractivity contribution in [1.29, 1.82) is 0 Å². The first-order valence-electron chi connectivity index (χ1n) is 11.2. The Labute approximate surface area is 176 Å². The van der Waals surface area contributed by atoms with Crippen molar-refractivity contribution in [1.82, 2.24) is 4.90 Å². The maximum absolute atomic E-state index is 12.6. The molecule has 4 nitrogen and oxygen atoms in total. The number of nitrogens with zero attached hydrogens (tertiary/aromatic N) is 1. The Bertz CT molecular complexity index is 779. The molecule has 160 valence electrons. The summed E-state index contributed by atoms with van der Waals surface area (Å²) in [7, 11) is 3.84. The third kappa shape index (κ3) is 5.03. The van der Waals surface area contributed by atoms with Crippen LogP contribution in [-0.2, 0) is 11.2 Å². The molecule has 0 saturated heterocycles. The average molecular weight is 399 g/mol. The topological polar surface area (TPSA) is 41.6 Å². The molecule has 0 radical (unpaired) electrons. The highest BCUT2D eigenvalue weighted by Crippen LogP contribution is 2.53. The van der Waals surface area contributed by atoms with Crippen molar-refractivity contribution in [2.75, 3.05) is 26.0 Å². The molecule has 1 aliphatic heterocycles. The van der Waals surface area contributed by atoms with E-state index in [-0.39, 0.29) is 11.5 Å². The molecular formula is C25H38N2O2. The van der Waals surface area contributed by atoms with Gasteiger partial charge in [-0.25, -0.2) is 0 Å². The van der Waals surface area contributed by atoms with Crippen molar-refractivity contribution in [3.05, 3.63) is 34.9 Å². The van der Waals surface area contributed by atoms with Gasteiger partial charge in [-0.3, -0.25) is 4.79 Å². The number of nitrogens with one attached hydrogen (secondary N) is 1. The number of benzene rings is 1. The lowest BCUT2D eigenvalue weighted by molar-refractivity contribution is -0.116. The second kappa shape index (κ2) is 8.91. The molecule has 2 atom stereocenters. The first-order valence-corrected chi connectivity index (χ1v) is 11.2. The Morgan fingerprint density at radius 2 is 2.03 bits per heavy atom. The molecule has 0 spiro atoms. The molecule has 2 aliphatic rings. The highest BCUT2D eigenvalue weighted by atomic mass is 16.5. The zero-order valence-corrected chi connectivity index (χ0v) is 19.1. The highest BCUT2D eigenvalue weighted by Gasteiger charge is 2.45. The summed E-state index contributed by atoms with van der Waals surface area (Å²) in [6.45, 7) is 9.27. The van der Waals surface area contributed by atoms with Gasteiger partial charge in [-0.15, -0.1) is 0 Å². The molecule has 1 aliphatic carbocycles. The number of ether oxygens (including phenoxy) is 1. The molecule has 3 rings (SSSR count). The van der Waals surface area contributed by atoms with E-state index in [1.54, 1.807) is 0 Å². The second-order valence-electron chi connectivity index (χ2n) is 9.69. The Morgan fingerprint density at radius 1 is 1.28 bits per heavy atom. The van der Waals surface area contributed by atoms with Crippen molar-refractivity contribution >= 4 is 11.6 Å². The fraction of sp³-hybridized carbons (Fsp3) is 0.640. The fourth-order valence-corrected chi connectivity index (χ4v) is 4.91. The van der Waals surface area contributed by atoms with Gasteiger partial charge in [-0.05, 0) is 78.2 Å². The van der Waals surface area contributed by atoms with E-state index in [2.05, 4.69) is 51.2 Å². The van der Waals surface area contributed by atoms with Gasteiger partial charge in [0.05, 0.1) is 6.54 Å². The van der Waals surface area contributed by atoms with Crippen molar-refractivity contribution in [2.45, 2.75) is 77.7 Å². The summed E-state index contributed by atoms with van der Waals surface area (Å²) >= 11 is 0. The number of carbonyl (C=O) groups is 1. The normalized spacial score (nSPS) is 22.4. The van der Waals surface area contributed by atoms with E-state index in [4.69, 9.17) is 4.74 Å². The smallest absolute Gasteiger partial charge is 0.238 e. The van der Waals surface area contributed by atoms with Crippen LogP contribution in [0.3, 0.4) is 0 Å². The summed E-state index contributed by atoms with van der Waals surface area (Å²) in [5.74, 6) is 1.70. The monoisotopic (exact) mass is 398 g/mol. The predicted octanol–water partition coefficient (Wildman–Crippen LogP) is 5.53. The van der Waals surface area contributed by atoms with Gasteiger partial charge in [0.25, 0.3) is 0 Å². The van der Waals surface area contributed by atoms with Crippen molar-refractivity contribution in [2.24, 2.45) is 5.92 Å². The average Bonchev–Trinajstić information content (AvgIpc) is 2.60. The number of anilines is 1. The van der Waals surface area contributed by atoms with Gasteiger partial charge in [-0.1, -0.05) is 31.4 Å². The highest BCUT2D eigenvalue weighted by molar-refractivity contribution is 5.93. The number of hydrogen-bond donors (Lipinski definition) is 1. The molecule has 29 heavy (non-hydrogen) atoms. The summed E-state index contributed by atoms with van der Waals surface area (Å²) in [4.78, 5) is 14.5. The van der Waals surface area contributed by atoms with Gasteiger partial charge in [0.1, 0.15) is 11.4 Å². The van der Waals surface area contributed by atoms with E-state index in [1.807, 2.05) is 19.0 Å². The van der Waals surface area contributed by atoms with Crippen LogP contribution in [-0.4, -0.2) is 37.0 Å². The van der Waals surface area contributed by atoms with Crippen molar-refractivity contribution in [3.8, 4) is 5.75 Å². The van der Waals surface area contributed by atoms with Crippen LogP contribution in [0.4, 0.5) is 5.69 Å². The molecule has 4 heteroatoms. The lowest BCUT2D eigenvalue weighted by atomic mass is 9.67. The molecule has 0 fully saturated rings. The number of likely N-dealkylation sites (N-methyl/N-ethyl adjacent to an activating group) is 1. The molecule has 1 aromatic rings. The molecule has 0 unspecified atom stereocenters. The number of amides is 1. The molecule has 1 heterocycles. The van der Waals surface area contributed by atoms with Crippen LogP contribution in [0.25, 0.3) is 0 Å².